The summed E-state index contributed by atoms with van der Waals surface area (Å²) in [6.45, 7) is 2.14. The molecular formula is C14H19N3O2. The molecule has 0 bridgehead atoms. The molecule has 3 amide bonds. The summed E-state index contributed by atoms with van der Waals surface area (Å²) in [6, 6.07) is 3.18. The van der Waals surface area contributed by atoms with Crippen molar-refractivity contribution >= 4 is 11.9 Å². The van der Waals surface area contributed by atoms with Crippen LogP contribution in [0.1, 0.15) is 44.6 Å². The summed E-state index contributed by atoms with van der Waals surface area (Å²) in [4.78, 5) is 27.7. The zero-order valence-corrected chi connectivity index (χ0v) is 11.1. The summed E-state index contributed by atoms with van der Waals surface area (Å²) in [5.41, 5.74) is -0.200. The molecule has 0 spiro atoms. The smallest absolute Gasteiger partial charge is 0.319 e. The van der Waals surface area contributed by atoms with Crippen molar-refractivity contribution in [3.63, 3.8) is 0 Å². The Balaban J connectivity index is 2.19. The third kappa shape index (κ3) is 2.75. The summed E-state index contributed by atoms with van der Waals surface area (Å²) < 4.78 is 0. The Bertz CT molecular complexity index is 461. The maximum absolute atomic E-state index is 12.1. The number of carbonyl (C=O) groups is 2. The second kappa shape index (κ2) is 5.82. The van der Waals surface area contributed by atoms with Crippen LogP contribution >= 0.6 is 0 Å². The number of urea groups is 1. The lowest BCUT2D eigenvalue weighted by Gasteiger charge is -2.26. The summed E-state index contributed by atoms with van der Waals surface area (Å²) in [7, 11) is 0. The van der Waals surface area contributed by atoms with E-state index in [2.05, 4.69) is 22.5 Å². The molecule has 102 valence electrons. The number of carbonyl (C=O) groups excluding carboxylic acids is 2. The minimum absolute atomic E-state index is 0.276. The first kappa shape index (κ1) is 13.5. The molecule has 19 heavy (non-hydrogen) atoms. The predicted octanol–water partition coefficient (Wildman–Crippen LogP) is 2.09. The van der Waals surface area contributed by atoms with Gasteiger partial charge in [-0.25, -0.2) is 4.79 Å². The lowest BCUT2D eigenvalue weighted by atomic mass is 9.85. The number of rotatable bonds is 6. The molecular weight excluding hydrogens is 242 g/mol. The number of nitrogens with zero attached hydrogens (tertiary/aromatic N) is 1. The van der Waals surface area contributed by atoms with Crippen molar-refractivity contribution < 1.29 is 9.59 Å². The van der Waals surface area contributed by atoms with Gasteiger partial charge in [0.2, 0.25) is 0 Å². The van der Waals surface area contributed by atoms with Gasteiger partial charge in [0.15, 0.2) is 0 Å². The van der Waals surface area contributed by atoms with Gasteiger partial charge in [-0.05, 0) is 12.5 Å². The maximum atomic E-state index is 12.1. The van der Waals surface area contributed by atoms with E-state index < -0.39 is 11.6 Å². The van der Waals surface area contributed by atoms with Gasteiger partial charge in [0.25, 0.3) is 5.91 Å². The largest absolute Gasteiger partial charge is 0.322 e. The number of nitrogens with one attached hydrogen (secondary N) is 2. The summed E-state index contributed by atoms with van der Waals surface area (Å²) in [5.74, 6) is -0.276. The average molecular weight is 261 g/mol. The first-order valence-corrected chi connectivity index (χ1v) is 6.73. The van der Waals surface area contributed by atoms with Crippen LogP contribution in [0.15, 0.2) is 24.5 Å². The van der Waals surface area contributed by atoms with Crippen LogP contribution in [0.25, 0.3) is 0 Å². The van der Waals surface area contributed by atoms with Gasteiger partial charge in [-0.2, -0.15) is 0 Å². The van der Waals surface area contributed by atoms with E-state index in [0.717, 1.165) is 31.2 Å². The van der Waals surface area contributed by atoms with Crippen LogP contribution in [0.2, 0.25) is 0 Å². The first-order chi connectivity index (χ1) is 9.19. The summed E-state index contributed by atoms with van der Waals surface area (Å²) >= 11 is 0. The lowest BCUT2D eigenvalue weighted by molar-refractivity contribution is -0.124. The first-order valence-electron chi connectivity index (χ1n) is 6.73. The van der Waals surface area contributed by atoms with Crippen LogP contribution in [0.5, 0.6) is 0 Å². The molecule has 1 aliphatic rings. The van der Waals surface area contributed by atoms with Crippen LogP contribution < -0.4 is 10.6 Å². The van der Waals surface area contributed by atoms with Crippen LogP contribution in [0.4, 0.5) is 4.79 Å². The number of imide groups is 1. The van der Waals surface area contributed by atoms with Crippen molar-refractivity contribution in [3.8, 4) is 0 Å². The van der Waals surface area contributed by atoms with Crippen molar-refractivity contribution in [2.75, 3.05) is 0 Å². The maximum Gasteiger partial charge on any atom is 0.322 e. The van der Waals surface area contributed by atoms with E-state index in [4.69, 9.17) is 0 Å². The van der Waals surface area contributed by atoms with E-state index in [-0.39, 0.29) is 5.91 Å². The normalized spacial score (nSPS) is 22.2. The molecule has 1 atom stereocenters. The minimum Gasteiger partial charge on any atom is -0.319 e. The fraction of sp³-hybridized carbons (Fsp3) is 0.500. The minimum atomic E-state index is -0.945. The fourth-order valence-corrected chi connectivity index (χ4v) is 2.45. The molecule has 0 aliphatic carbocycles. The molecule has 2 rings (SSSR count). The molecule has 1 aromatic heterocycles. The van der Waals surface area contributed by atoms with Gasteiger partial charge in [0.1, 0.15) is 5.54 Å². The van der Waals surface area contributed by atoms with Gasteiger partial charge in [-0.3, -0.25) is 15.1 Å². The molecule has 2 heterocycles. The van der Waals surface area contributed by atoms with Gasteiger partial charge in [0, 0.05) is 18.0 Å². The highest BCUT2D eigenvalue weighted by Gasteiger charge is 2.47. The van der Waals surface area contributed by atoms with Crippen molar-refractivity contribution in [2.24, 2.45) is 0 Å². The third-order valence-corrected chi connectivity index (χ3v) is 3.50. The van der Waals surface area contributed by atoms with E-state index in [9.17, 15) is 9.59 Å². The van der Waals surface area contributed by atoms with Gasteiger partial charge in [0.05, 0.1) is 0 Å². The highest BCUT2D eigenvalue weighted by atomic mass is 16.2. The molecule has 0 saturated carbocycles. The molecule has 2 N–H and O–H groups in total. The van der Waals surface area contributed by atoms with Crippen LogP contribution in [-0.4, -0.2) is 16.9 Å². The van der Waals surface area contributed by atoms with Gasteiger partial charge >= 0.3 is 6.03 Å². The lowest BCUT2D eigenvalue weighted by Crippen LogP contribution is -2.43. The van der Waals surface area contributed by atoms with Crippen molar-refractivity contribution in [1.82, 2.24) is 15.6 Å². The number of unbranched alkanes of at least 4 members (excludes halogenated alkanes) is 3. The second-order valence-corrected chi connectivity index (χ2v) is 4.87. The molecule has 5 nitrogen and oxygen atoms in total. The molecule has 0 radical (unpaired) electrons. The quantitative estimate of drug-likeness (QED) is 0.608. The third-order valence-electron chi connectivity index (χ3n) is 3.50. The standard InChI is InChI=1S/C14H19N3O2/c1-2-3-4-5-8-14(11-7-6-9-15-10-11)12(18)16-13(19)17-14/h6-7,9-10H,2-5,8H2,1H3,(H2,16,17,18,19)/t14-/m0/s1. The molecule has 0 unspecified atom stereocenters. The van der Waals surface area contributed by atoms with Crippen LogP contribution in [0.3, 0.4) is 0 Å². The Morgan fingerprint density at radius 2 is 2.11 bits per heavy atom. The summed E-state index contributed by atoms with van der Waals surface area (Å²) in [5, 5.41) is 5.10. The van der Waals surface area contributed by atoms with E-state index in [0.29, 0.717) is 6.42 Å². The molecule has 1 aliphatic heterocycles. The zero-order valence-electron chi connectivity index (χ0n) is 11.1. The fourth-order valence-electron chi connectivity index (χ4n) is 2.45. The highest BCUT2D eigenvalue weighted by molar-refractivity contribution is 6.07. The molecule has 1 saturated heterocycles. The Morgan fingerprint density at radius 3 is 2.68 bits per heavy atom. The van der Waals surface area contributed by atoms with Gasteiger partial charge in [-0.15, -0.1) is 0 Å². The predicted molar refractivity (Wildman–Crippen MR) is 71.3 cm³/mol. The van der Waals surface area contributed by atoms with Crippen molar-refractivity contribution in [2.45, 2.75) is 44.6 Å². The Morgan fingerprint density at radius 1 is 1.26 bits per heavy atom. The number of amides is 3. The van der Waals surface area contributed by atoms with E-state index in [1.165, 1.54) is 0 Å². The molecule has 1 fully saturated rings. The van der Waals surface area contributed by atoms with Crippen LogP contribution in [0, 0.1) is 0 Å². The average Bonchev–Trinajstić information content (AvgIpc) is 2.71. The monoisotopic (exact) mass is 261 g/mol. The van der Waals surface area contributed by atoms with E-state index in [1.807, 2.05) is 6.07 Å². The Hall–Kier alpha value is -1.91. The van der Waals surface area contributed by atoms with Crippen molar-refractivity contribution in [3.05, 3.63) is 30.1 Å². The van der Waals surface area contributed by atoms with Crippen molar-refractivity contribution in [1.29, 1.82) is 0 Å². The SMILES string of the molecule is CCCCCC[C@@]1(c2cccnc2)NC(=O)NC1=O. The Labute approximate surface area is 112 Å². The molecule has 0 aromatic carbocycles. The van der Waals surface area contributed by atoms with E-state index >= 15 is 0 Å². The number of hydrogen-bond acceptors (Lipinski definition) is 3. The van der Waals surface area contributed by atoms with Gasteiger partial charge in [-0.1, -0.05) is 38.7 Å². The Kier molecular flexibility index (Phi) is 4.14. The topological polar surface area (TPSA) is 71.1 Å². The second-order valence-electron chi connectivity index (χ2n) is 4.87. The molecule has 5 heteroatoms. The van der Waals surface area contributed by atoms with E-state index in [1.54, 1.807) is 18.5 Å². The number of aromatic nitrogens is 1. The zero-order chi connectivity index (χ0) is 13.7. The van der Waals surface area contributed by atoms with Gasteiger partial charge < -0.3 is 5.32 Å². The molecule has 1 aromatic rings. The number of hydrogen-bond donors (Lipinski definition) is 2. The van der Waals surface area contributed by atoms with Crippen LogP contribution in [-0.2, 0) is 10.3 Å². The number of pyridine rings is 1. The highest BCUT2D eigenvalue weighted by Crippen LogP contribution is 2.30. The summed E-state index contributed by atoms with van der Waals surface area (Å²) in [6.07, 6.45) is 8.14.